The highest BCUT2D eigenvalue weighted by Crippen LogP contribution is 2.33. The molecule has 0 saturated carbocycles. The maximum atomic E-state index is 6.17. The van der Waals surface area contributed by atoms with Crippen molar-refractivity contribution in [2.45, 2.75) is 0 Å². The van der Waals surface area contributed by atoms with Crippen molar-refractivity contribution in [3.63, 3.8) is 0 Å². The standard InChI is InChI=1S/C26H21N3/c27-21-12-15-24(28)23(17-21)18-10-13-22(14-11-18)29-25-9-5-4-8-20(25)16-26(29)19-6-2-1-3-7-19/h1-17H,27-28H2. The van der Waals surface area contributed by atoms with Gasteiger partial charge >= 0.3 is 0 Å². The molecule has 0 amide bonds. The molecule has 4 N–H and O–H groups in total. The summed E-state index contributed by atoms with van der Waals surface area (Å²) in [6.07, 6.45) is 0. The SMILES string of the molecule is Nc1ccc(N)c(-c2ccc(-n3c(-c4ccccc4)cc4ccccc43)cc2)c1. The van der Waals surface area contributed by atoms with Crippen molar-refractivity contribution in [2.75, 3.05) is 11.5 Å². The number of nitrogens with zero attached hydrogens (tertiary/aromatic N) is 1. The van der Waals surface area contributed by atoms with Gasteiger partial charge in [-0.15, -0.1) is 0 Å². The Balaban J connectivity index is 1.67. The van der Waals surface area contributed by atoms with Gasteiger partial charge in [0.25, 0.3) is 0 Å². The van der Waals surface area contributed by atoms with Gasteiger partial charge in [-0.2, -0.15) is 0 Å². The van der Waals surface area contributed by atoms with Crippen LogP contribution in [0.15, 0.2) is 103 Å². The van der Waals surface area contributed by atoms with Crippen molar-refractivity contribution in [3.8, 4) is 28.1 Å². The molecule has 0 saturated heterocycles. The summed E-state index contributed by atoms with van der Waals surface area (Å²) in [5.41, 5.74) is 20.2. The normalized spacial score (nSPS) is 11.0. The summed E-state index contributed by atoms with van der Waals surface area (Å²) in [5, 5.41) is 1.22. The molecule has 0 fully saturated rings. The van der Waals surface area contributed by atoms with E-state index in [0.717, 1.165) is 22.5 Å². The zero-order valence-corrected chi connectivity index (χ0v) is 15.9. The first-order valence-corrected chi connectivity index (χ1v) is 9.62. The molecule has 3 heteroatoms. The second kappa shape index (κ2) is 6.88. The van der Waals surface area contributed by atoms with Crippen molar-refractivity contribution >= 4 is 22.3 Å². The number of hydrogen-bond acceptors (Lipinski definition) is 2. The topological polar surface area (TPSA) is 57.0 Å². The summed E-state index contributed by atoms with van der Waals surface area (Å²) in [5.74, 6) is 0. The van der Waals surface area contributed by atoms with E-state index in [1.807, 2.05) is 24.3 Å². The highest BCUT2D eigenvalue weighted by molar-refractivity contribution is 5.89. The molecule has 1 aromatic heterocycles. The van der Waals surface area contributed by atoms with Crippen LogP contribution in [0, 0.1) is 0 Å². The highest BCUT2D eigenvalue weighted by atomic mass is 15.0. The van der Waals surface area contributed by atoms with Gasteiger partial charge in [0.1, 0.15) is 0 Å². The fourth-order valence-corrected chi connectivity index (χ4v) is 3.87. The summed E-state index contributed by atoms with van der Waals surface area (Å²) in [6.45, 7) is 0. The number of nitrogen functional groups attached to an aromatic ring is 2. The fraction of sp³-hybridized carbons (Fsp3) is 0. The number of hydrogen-bond donors (Lipinski definition) is 2. The number of nitrogens with two attached hydrogens (primary N) is 2. The van der Waals surface area contributed by atoms with E-state index in [-0.39, 0.29) is 0 Å². The van der Waals surface area contributed by atoms with Crippen LogP contribution in [-0.2, 0) is 0 Å². The lowest BCUT2D eigenvalue weighted by molar-refractivity contribution is 1.13. The Morgan fingerprint density at radius 1 is 0.586 bits per heavy atom. The monoisotopic (exact) mass is 375 g/mol. The third-order valence-electron chi connectivity index (χ3n) is 5.29. The third-order valence-corrected chi connectivity index (χ3v) is 5.29. The second-order valence-electron chi connectivity index (χ2n) is 7.18. The van der Waals surface area contributed by atoms with Crippen LogP contribution < -0.4 is 11.5 Å². The van der Waals surface area contributed by atoms with Gasteiger partial charge < -0.3 is 16.0 Å². The van der Waals surface area contributed by atoms with Crippen molar-refractivity contribution in [2.24, 2.45) is 0 Å². The van der Waals surface area contributed by atoms with Crippen LogP contribution in [0.25, 0.3) is 39.0 Å². The van der Waals surface area contributed by atoms with Crippen LogP contribution in [0.4, 0.5) is 11.4 Å². The van der Waals surface area contributed by atoms with E-state index >= 15 is 0 Å². The van der Waals surface area contributed by atoms with Gasteiger partial charge in [0.2, 0.25) is 0 Å². The summed E-state index contributed by atoms with van der Waals surface area (Å²) in [6, 6.07) is 35.3. The van der Waals surface area contributed by atoms with Gasteiger partial charge in [-0.3, -0.25) is 0 Å². The Hall–Kier alpha value is -3.98. The van der Waals surface area contributed by atoms with E-state index < -0.39 is 0 Å². The minimum atomic E-state index is 0.709. The third kappa shape index (κ3) is 3.03. The molecule has 5 rings (SSSR count). The molecule has 29 heavy (non-hydrogen) atoms. The molecule has 0 bridgehead atoms. The molecule has 1 heterocycles. The average molecular weight is 375 g/mol. The quantitative estimate of drug-likeness (QED) is 0.373. The van der Waals surface area contributed by atoms with Crippen LogP contribution in [0.2, 0.25) is 0 Å². The predicted molar refractivity (Wildman–Crippen MR) is 123 cm³/mol. The van der Waals surface area contributed by atoms with Gasteiger partial charge in [-0.1, -0.05) is 60.7 Å². The lowest BCUT2D eigenvalue weighted by Crippen LogP contribution is -1.97. The summed E-state index contributed by atoms with van der Waals surface area (Å²) in [4.78, 5) is 0. The Labute approximate surface area is 169 Å². The molecule has 0 radical (unpaired) electrons. The van der Waals surface area contributed by atoms with Crippen molar-refractivity contribution < 1.29 is 0 Å². The molecule has 0 atom stereocenters. The number of rotatable bonds is 3. The van der Waals surface area contributed by atoms with E-state index in [9.17, 15) is 0 Å². The predicted octanol–water partition coefficient (Wildman–Crippen LogP) is 6.13. The lowest BCUT2D eigenvalue weighted by Gasteiger charge is -2.13. The van der Waals surface area contributed by atoms with E-state index in [2.05, 4.69) is 83.4 Å². The van der Waals surface area contributed by atoms with Crippen LogP contribution >= 0.6 is 0 Å². The zero-order valence-electron chi connectivity index (χ0n) is 15.9. The van der Waals surface area contributed by atoms with Crippen LogP contribution in [0.3, 0.4) is 0 Å². The van der Waals surface area contributed by atoms with Gasteiger partial charge in [-0.25, -0.2) is 0 Å². The second-order valence-corrected chi connectivity index (χ2v) is 7.18. The average Bonchev–Trinajstić information content (AvgIpc) is 3.16. The van der Waals surface area contributed by atoms with Crippen molar-refractivity contribution in [3.05, 3.63) is 103 Å². The van der Waals surface area contributed by atoms with Gasteiger partial charge in [0.15, 0.2) is 0 Å². The maximum Gasteiger partial charge on any atom is 0.0540 e. The molecular weight excluding hydrogens is 354 g/mol. The minimum Gasteiger partial charge on any atom is -0.399 e. The summed E-state index contributed by atoms with van der Waals surface area (Å²) < 4.78 is 2.30. The Morgan fingerprint density at radius 2 is 1.31 bits per heavy atom. The molecule has 0 aliphatic heterocycles. The van der Waals surface area contributed by atoms with E-state index in [4.69, 9.17) is 11.5 Å². The van der Waals surface area contributed by atoms with E-state index in [1.165, 1.54) is 22.2 Å². The summed E-state index contributed by atoms with van der Waals surface area (Å²) in [7, 11) is 0. The van der Waals surface area contributed by atoms with Crippen LogP contribution in [0.5, 0.6) is 0 Å². The first kappa shape index (κ1) is 17.1. The van der Waals surface area contributed by atoms with E-state index in [1.54, 1.807) is 0 Å². The first-order valence-electron chi connectivity index (χ1n) is 9.62. The van der Waals surface area contributed by atoms with Gasteiger partial charge in [-0.05, 0) is 53.6 Å². The largest absolute Gasteiger partial charge is 0.399 e. The molecule has 0 aliphatic rings. The number of benzene rings is 4. The maximum absolute atomic E-state index is 6.17. The van der Waals surface area contributed by atoms with Gasteiger partial charge in [0, 0.05) is 28.0 Å². The van der Waals surface area contributed by atoms with Crippen molar-refractivity contribution in [1.82, 2.24) is 4.57 Å². The smallest absolute Gasteiger partial charge is 0.0540 e. The number of para-hydroxylation sites is 1. The number of anilines is 2. The molecule has 140 valence electrons. The number of fused-ring (bicyclic) bond motifs is 1. The highest BCUT2D eigenvalue weighted by Gasteiger charge is 2.12. The van der Waals surface area contributed by atoms with Gasteiger partial charge in [0.05, 0.1) is 11.2 Å². The fourth-order valence-electron chi connectivity index (χ4n) is 3.87. The Morgan fingerprint density at radius 3 is 2.10 bits per heavy atom. The number of aromatic nitrogens is 1. The van der Waals surface area contributed by atoms with Crippen LogP contribution in [0.1, 0.15) is 0 Å². The Bertz CT molecular complexity index is 1300. The molecular formula is C26H21N3. The molecule has 0 aliphatic carbocycles. The molecule has 4 aromatic carbocycles. The van der Waals surface area contributed by atoms with Crippen LogP contribution in [-0.4, -0.2) is 4.57 Å². The molecule has 5 aromatic rings. The summed E-state index contributed by atoms with van der Waals surface area (Å²) >= 11 is 0. The minimum absolute atomic E-state index is 0.709. The molecule has 0 unspecified atom stereocenters. The first-order chi connectivity index (χ1) is 14.2. The van der Waals surface area contributed by atoms with Crippen molar-refractivity contribution in [1.29, 1.82) is 0 Å². The lowest BCUT2D eigenvalue weighted by atomic mass is 10.0. The Kier molecular flexibility index (Phi) is 4.07. The van der Waals surface area contributed by atoms with E-state index in [0.29, 0.717) is 5.69 Å². The zero-order chi connectivity index (χ0) is 19.8. The molecule has 0 spiro atoms. The molecule has 3 nitrogen and oxygen atoms in total.